The van der Waals surface area contributed by atoms with E-state index in [1.165, 1.54) is 4.90 Å². The number of aromatic nitrogens is 2. The number of anilines is 2. The second-order valence-corrected chi connectivity index (χ2v) is 8.42. The average Bonchev–Trinajstić information content (AvgIpc) is 2.84. The maximum absolute atomic E-state index is 12.5. The van der Waals surface area contributed by atoms with Crippen molar-refractivity contribution >= 4 is 38.9 Å². The summed E-state index contributed by atoms with van der Waals surface area (Å²) < 4.78 is 20.5. The van der Waals surface area contributed by atoms with E-state index in [9.17, 15) is 9.00 Å². The smallest absolute Gasteiger partial charge is 0.233 e. The number of carbonyl (C=O) groups is 1. The summed E-state index contributed by atoms with van der Waals surface area (Å²) in [6.07, 6.45) is 0.656. The molecule has 0 aliphatic carbocycles. The number of rotatable bonds is 5. The van der Waals surface area contributed by atoms with E-state index in [1.807, 2.05) is 13.0 Å². The van der Waals surface area contributed by atoms with Crippen LogP contribution in [0.25, 0.3) is 0 Å². The molecule has 1 unspecified atom stereocenters. The van der Waals surface area contributed by atoms with E-state index >= 15 is 0 Å². The van der Waals surface area contributed by atoms with E-state index in [1.54, 1.807) is 18.2 Å². The molecule has 3 rings (SSSR count). The summed E-state index contributed by atoms with van der Waals surface area (Å²) in [4.78, 5) is 22.2. The SMILES string of the molecule is CCCS(=N)(=O)c1nc(N)c2c(n1)N(Cc1cccc(Cl)c1)C(=O)C2. The van der Waals surface area contributed by atoms with Crippen molar-refractivity contribution in [1.29, 1.82) is 4.78 Å². The number of carbonyl (C=O) groups excluding carboxylic acids is 1. The molecular weight excluding hydrogens is 362 g/mol. The monoisotopic (exact) mass is 379 g/mol. The second kappa shape index (κ2) is 6.61. The second-order valence-electron chi connectivity index (χ2n) is 5.86. The highest BCUT2D eigenvalue weighted by Gasteiger charge is 2.33. The Bertz CT molecular complexity index is 946. The van der Waals surface area contributed by atoms with Crippen LogP contribution in [-0.4, -0.2) is 25.8 Å². The Morgan fingerprint density at radius 2 is 2.16 bits per heavy atom. The zero-order valence-corrected chi connectivity index (χ0v) is 15.2. The minimum atomic E-state index is -3.14. The molecule has 2 aromatic rings. The minimum Gasteiger partial charge on any atom is -0.383 e. The van der Waals surface area contributed by atoms with Gasteiger partial charge in [0.2, 0.25) is 11.1 Å². The number of fused-ring (bicyclic) bond motifs is 1. The third-order valence-corrected chi connectivity index (χ3v) is 5.89. The molecule has 7 nitrogen and oxygen atoms in total. The van der Waals surface area contributed by atoms with Crippen LogP contribution in [0.3, 0.4) is 0 Å². The van der Waals surface area contributed by atoms with Gasteiger partial charge in [0.25, 0.3) is 0 Å². The number of nitrogen functional groups attached to an aromatic ring is 1. The first-order chi connectivity index (χ1) is 11.8. The molecular formula is C16H18ClN5O2S. The van der Waals surface area contributed by atoms with Gasteiger partial charge in [0.1, 0.15) is 21.4 Å². The summed E-state index contributed by atoms with van der Waals surface area (Å²) in [5, 5.41) is 0.459. The minimum absolute atomic E-state index is 0.0922. The van der Waals surface area contributed by atoms with Gasteiger partial charge in [-0.25, -0.2) is 19.0 Å². The van der Waals surface area contributed by atoms with E-state index in [4.69, 9.17) is 22.1 Å². The average molecular weight is 380 g/mol. The molecule has 25 heavy (non-hydrogen) atoms. The predicted octanol–water partition coefficient (Wildman–Crippen LogP) is 2.62. The van der Waals surface area contributed by atoms with Crippen LogP contribution >= 0.6 is 11.6 Å². The number of halogens is 1. The highest BCUT2D eigenvalue weighted by Crippen LogP contribution is 2.33. The van der Waals surface area contributed by atoms with Crippen molar-refractivity contribution < 1.29 is 9.00 Å². The van der Waals surface area contributed by atoms with Gasteiger partial charge in [-0.2, -0.15) is 0 Å². The number of amides is 1. The Morgan fingerprint density at radius 3 is 2.84 bits per heavy atom. The largest absolute Gasteiger partial charge is 0.383 e. The molecule has 3 N–H and O–H groups in total. The molecule has 1 aromatic carbocycles. The Hall–Kier alpha value is -2.19. The van der Waals surface area contributed by atoms with Crippen LogP contribution < -0.4 is 10.6 Å². The highest BCUT2D eigenvalue weighted by molar-refractivity contribution is 7.92. The summed E-state index contributed by atoms with van der Waals surface area (Å²) in [7, 11) is -3.14. The van der Waals surface area contributed by atoms with Gasteiger partial charge in [0, 0.05) is 16.3 Å². The van der Waals surface area contributed by atoms with E-state index in [0.717, 1.165) is 5.56 Å². The number of nitrogens with two attached hydrogens (primary N) is 1. The zero-order valence-electron chi connectivity index (χ0n) is 13.7. The van der Waals surface area contributed by atoms with Gasteiger partial charge in [-0.3, -0.25) is 9.69 Å². The van der Waals surface area contributed by atoms with Gasteiger partial charge in [-0.15, -0.1) is 0 Å². The molecule has 1 aliphatic rings. The Morgan fingerprint density at radius 1 is 1.40 bits per heavy atom. The van der Waals surface area contributed by atoms with E-state index < -0.39 is 9.73 Å². The Kier molecular flexibility index (Phi) is 4.66. The van der Waals surface area contributed by atoms with Gasteiger partial charge in [0.05, 0.1) is 13.0 Å². The summed E-state index contributed by atoms with van der Waals surface area (Å²) in [5.41, 5.74) is 7.30. The van der Waals surface area contributed by atoms with Crippen molar-refractivity contribution in [2.75, 3.05) is 16.4 Å². The molecule has 0 fully saturated rings. The van der Waals surface area contributed by atoms with Gasteiger partial charge < -0.3 is 5.73 Å². The Labute approximate surface area is 151 Å². The van der Waals surface area contributed by atoms with Crippen LogP contribution in [0.15, 0.2) is 29.4 Å². The molecule has 0 bridgehead atoms. The predicted molar refractivity (Wildman–Crippen MR) is 97.1 cm³/mol. The lowest BCUT2D eigenvalue weighted by atomic mass is 10.2. The zero-order chi connectivity index (χ0) is 18.2. The van der Waals surface area contributed by atoms with Gasteiger partial charge >= 0.3 is 0 Å². The third-order valence-electron chi connectivity index (χ3n) is 3.90. The van der Waals surface area contributed by atoms with Crippen molar-refractivity contribution in [2.24, 2.45) is 0 Å². The molecule has 9 heteroatoms. The van der Waals surface area contributed by atoms with Crippen LogP contribution in [0.2, 0.25) is 5.02 Å². The topological polar surface area (TPSA) is 113 Å². The first-order valence-corrected chi connectivity index (χ1v) is 9.90. The molecule has 0 spiro atoms. The van der Waals surface area contributed by atoms with Crippen LogP contribution in [0.1, 0.15) is 24.5 Å². The fraction of sp³-hybridized carbons (Fsp3) is 0.312. The lowest BCUT2D eigenvalue weighted by Gasteiger charge is -2.18. The van der Waals surface area contributed by atoms with Crippen molar-refractivity contribution in [3.8, 4) is 0 Å². The van der Waals surface area contributed by atoms with Gasteiger partial charge in [-0.05, 0) is 24.1 Å². The van der Waals surface area contributed by atoms with Crippen LogP contribution in [0, 0.1) is 4.78 Å². The number of hydrogen-bond donors (Lipinski definition) is 2. The summed E-state index contributed by atoms with van der Waals surface area (Å²) in [6.45, 7) is 2.11. The van der Waals surface area contributed by atoms with E-state index in [2.05, 4.69) is 9.97 Å². The van der Waals surface area contributed by atoms with Crippen LogP contribution in [0.5, 0.6) is 0 Å². The number of nitrogens with zero attached hydrogens (tertiary/aromatic N) is 3. The van der Waals surface area contributed by atoms with Crippen molar-refractivity contribution in [2.45, 2.75) is 31.5 Å². The van der Waals surface area contributed by atoms with Crippen molar-refractivity contribution in [3.05, 3.63) is 40.4 Å². The number of hydrogen-bond acceptors (Lipinski definition) is 6. The standard InChI is InChI=1S/C16H18ClN5O2S/c1-2-6-25(19,24)16-20-14(18)12-8-13(23)22(15(12)21-16)9-10-4-3-5-11(17)7-10/h3-5,7,19H,2,6,8-9H2,1H3,(H2,18,20,21). The highest BCUT2D eigenvalue weighted by atomic mass is 35.5. The molecule has 2 heterocycles. The number of benzene rings is 1. The molecule has 132 valence electrons. The molecule has 0 saturated heterocycles. The molecule has 1 atom stereocenters. The summed E-state index contributed by atoms with van der Waals surface area (Å²) in [6, 6.07) is 7.18. The first-order valence-electron chi connectivity index (χ1n) is 7.79. The molecule has 0 saturated carbocycles. The maximum Gasteiger partial charge on any atom is 0.233 e. The molecule has 1 aliphatic heterocycles. The third kappa shape index (κ3) is 3.45. The maximum atomic E-state index is 12.5. The quantitative estimate of drug-likeness (QED) is 0.775. The van der Waals surface area contributed by atoms with Gasteiger partial charge in [-0.1, -0.05) is 30.7 Å². The van der Waals surface area contributed by atoms with Crippen LogP contribution in [-0.2, 0) is 27.5 Å². The van der Waals surface area contributed by atoms with E-state index in [-0.39, 0.29) is 35.6 Å². The molecule has 1 amide bonds. The van der Waals surface area contributed by atoms with Crippen molar-refractivity contribution in [1.82, 2.24) is 9.97 Å². The number of nitrogens with one attached hydrogen (secondary N) is 1. The lowest BCUT2D eigenvalue weighted by Crippen LogP contribution is -2.27. The Balaban J connectivity index is 2.03. The lowest BCUT2D eigenvalue weighted by molar-refractivity contribution is -0.117. The fourth-order valence-electron chi connectivity index (χ4n) is 2.73. The molecule has 1 aromatic heterocycles. The normalized spacial score (nSPS) is 15.9. The summed E-state index contributed by atoms with van der Waals surface area (Å²) >= 11 is 6.00. The van der Waals surface area contributed by atoms with Gasteiger partial charge in [0.15, 0.2) is 0 Å². The van der Waals surface area contributed by atoms with Crippen molar-refractivity contribution in [3.63, 3.8) is 0 Å². The summed E-state index contributed by atoms with van der Waals surface area (Å²) in [5.74, 6) is 0.426. The fourth-order valence-corrected chi connectivity index (χ4v) is 4.18. The molecule has 0 radical (unpaired) electrons. The van der Waals surface area contributed by atoms with Crippen LogP contribution in [0.4, 0.5) is 11.6 Å². The van der Waals surface area contributed by atoms with E-state index in [0.29, 0.717) is 22.8 Å². The first kappa shape index (κ1) is 17.6.